The Hall–Kier alpha value is -3.34. The third-order valence-corrected chi connectivity index (χ3v) is 6.90. The van der Waals surface area contributed by atoms with Crippen molar-refractivity contribution >= 4 is 40.7 Å². The summed E-state index contributed by atoms with van der Waals surface area (Å²) in [6.45, 7) is 2.80. The van der Waals surface area contributed by atoms with E-state index >= 15 is 0 Å². The molecule has 0 aliphatic carbocycles. The SMILES string of the molecule is O=C(Nc1ccccc1)c1nnc(C(=O)N2CCCC(C(=O)NCCCN3CCCC3=O)C2)s1. The van der Waals surface area contributed by atoms with Crippen molar-refractivity contribution in [2.45, 2.75) is 32.1 Å². The number of piperidine rings is 1. The molecule has 4 amide bonds. The van der Waals surface area contributed by atoms with E-state index in [4.69, 9.17) is 0 Å². The number of nitrogens with one attached hydrogen (secondary N) is 2. The van der Waals surface area contributed by atoms with Crippen molar-refractivity contribution in [3.8, 4) is 0 Å². The van der Waals surface area contributed by atoms with Crippen LogP contribution in [-0.4, -0.2) is 76.3 Å². The number of hydrogen-bond donors (Lipinski definition) is 2. The lowest BCUT2D eigenvalue weighted by molar-refractivity contribution is -0.127. The van der Waals surface area contributed by atoms with Crippen LogP contribution in [0.25, 0.3) is 0 Å². The van der Waals surface area contributed by atoms with Gasteiger partial charge in [-0.05, 0) is 37.8 Å². The van der Waals surface area contributed by atoms with Crippen molar-refractivity contribution < 1.29 is 19.2 Å². The minimum Gasteiger partial charge on any atom is -0.356 e. The predicted molar refractivity (Wildman–Crippen MR) is 126 cm³/mol. The van der Waals surface area contributed by atoms with Crippen LogP contribution >= 0.6 is 11.3 Å². The van der Waals surface area contributed by atoms with E-state index in [-0.39, 0.29) is 33.7 Å². The predicted octanol–water partition coefficient (Wildman–Crippen LogP) is 1.77. The summed E-state index contributed by atoms with van der Waals surface area (Å²) >= 11 is 0.942. The lowest BCUT2D eigenvalue weighted by atomic mass is 9.97. The molecule has 2 aromatic rings. The van der Waals surface area contributed by atoms with Gasteiger partial charge in [0.15, 0.2) is 0 Å². The van der Waals surface area contributed by atoms with Crippen molar-refractivity contribution in [3.63, 3.8) is 0 Å². The molecule has 1 atom stereocenters. The van der Waals surface area contributed by atoms with Crippen molar-refractivity contribution in [2.24, 2.45) is 5.92 Å². The van der Waals surface area contributed by atoms with Crippen LogP contribution in [0.5, 0.6) is 0 Å². The number of aromatic nitrogens is 2. The fourth-order valence-corrected chi connectivity index (χ4v) is 4.89. The highest BCUT2D eigenvalue weighted by atomic mass is 32.1. The average Bonchev–Trinajstić information content (AvgIpc) is 3.51. The number of carbonyl (C=O) groups is 4. The quantitative estimate of drug-likeness (QED) is 0.550. The first-order chi connectivity index (χ1) is 16.5. The minimum atomic E-state index is -0.422. The molecule has 2 aliphatic heterocycles. The second-order valence-electron chi connectivity index (χ2n) is 8.45. The van der Waals surface area contributed by atoms with E-state index in [1.807, 2.05) is 23.1 Å². The number of para-hydroxylation sites is 1. The fourth-order valence-electron chi connectivity index (χ4n) is 4.18. The van der Waals surface area contributed by atoms with Crippen LogP contribution in [0.1, 0.15) is 51.7 Å². The van der Waals surface area contributed by atoms with Gasteiger partial charge in [-0.2, -0.15) is 0 Å². The summed E-state index contributed by atoms with van der Waals surface area (Å²) in [5.74, 6) is -0.925. The number of amides is 4. The molecule has 0 spiro atoms. The van der Waals surface area contributed by atoms with Crippen molar-refractivity contribution in [2.75, 3.05) is 38.0 Å². The summed E-state index contributed by atoms with van der Waals surface area (Å²) in [5.41, 5.74) is 0.632. The van der Waals surface area contributed by atoms with Gasteiger partial charge in [-0.3, -0.25) is 19.2 Å². The van der Waals surface area contributed by atoms with Crippen LogP contribution in [0, 0.1) is 5.92 Å². The summed E-state index contributed by atoms with van der Waals surface area (Å²) in [6.07, 6.45) is 3.66. The Balaban J connectivity index is 1.25. The molecule has 10 nitrogen and oxygen atoms in total. The molecule has 2 aliphatic rings. The molecule has 2 saturated heterocycles. The van der Waals surface area contributed by atoms with Gasteiger partial charge in [0.1, 0.15) is 0 Å². The second-order valence-corrected chi connectivity index (χ2v) is 9.43. The first kappa shape index (κ1) is 23.8. The maximum atomic E-state index is 12.9. The monoisotopic (exact) mass is 484 g/mol. The molecule has 1 unspecified atom stereocenters. The van der Waals surface area contributed by atoms with Crippen LogP contribution in [0.3, 0.4) is 0 Å². The molecule has 2 N–H and O–H groups in total. The molecular weight excluding hydrogens is 456 g/mol. The highest BCUT2D eigenvalue weighted by Gasteiger charge is 2.31. The van der Waals surface area contributed by atoms with Gasteiger partial charge < -0.3 is 20.4 Å². The van der Waals surface area contributed by atoms with Gasteiger partial charge >= 0.3 is 0 Å². The molecule has 1 aromatic carbocycles. The zero-order chi connectivity index (χ0) is 23.9. The third kappa shape index (κ3) is 5.96. The standard InChI is InChI=1S/C23H28N6O4S/c30-18-10-5-12-28(18)14-6-11-24-19(31)16-7-4-13-29(15-16)23(33)22-27-26-21(34-22)20(32)25-17-8-2-1-3-9-17/h1-3,8-9,16H,4-7,10-15H2,(H,24,31)(H,25,32). The van der Waals surface area contributed by atoms with Gasteiger partial charge in [0.25, 0.3) is 11.8 Å². The van der Waals surface area contributed by atoms with Crippen LogP contribution in [0.15, 0.2) is 30.3 Å². The number of anilines is 1. The third-order valence-electron chi connectivity index (χ3n) is 5.99. The molecule has 180 valence electrons. The number of rotatable bonds is 8. The van der Waals surface area contributed by atoms with Crippen LogP contribution in [0.2, 0.25) is 0 Å². The Bertz CT molecular complexity index is 1040. The van der Waals surface area contributed by atoms with E-state index in [9.17, 15) is 19.2 Å². The number of benzene rings is 1. The zero-order valence-corrected chi connectivity index (χ0v) is 19.7. The normalized spacial score (nSPS) is 18.1. The molecule has 0 bridgehead atoms. The molecule has 4 rings (SSSR count). The number of nitrogens with zero attached hydrogens (tertiary/aromatic N) is 4. The van der Waals surface area contributed by atoms with E-state index < -0.39 is 5.91 Å². The van der Waals surface area contributed by atoms with E-state index in [0.29, 0.717) is 57.5 Å². The fraction of sp³-hybridized carbons (Fsp3) is 0.478. The maximum absolute atomic E-state index is 12.9. The Kier molecular flexibility index (Phi) is 7.84. The minimum absolute atomic E-state index is 0.0783. The summed E-state index contributed by atoms with van der Waals surface area (Å²) in [7, 11) is 0. The van der Waals surface area contributed by atoms with Gasteiger partial charge in [0.05, 0.1) is 5.92 Å². The molecule has 3 heterocycles. The van der Waals surface area contributed by atoms with Gasteiger partial charge in [-0.25, -0.2) is 0 Å². The van der Waals surface area contributed by atoms with E-state index in [1.165, 1.54) is 0 Å². The first-order valence-electron chi connectivity index (χ1n) is 11.6. The summed E-state index contributed by atoms with van der Waals surface area (Å²) in [4.78, 5) is 53.0. The number of likely N-dealkylation sites (tertiary alicyclic amines) is 2. The number of hydrogen-bond acceptors (Lipinski definition) is 7. The lowest BCUT2D eigenvalue weighted by Crippen LogP contribution is -2.45. The molecule has 11 heteroatoms. The first-order valence-corrected chi connectivity index (χ1v) is 12.4. The highest BCUT2D eigenvalue weighted by Crippen LogP contribution is 2.21. The lowest BCUT2D eigenvalue weighted by Gasteiger charge is -2.31. The Morgan fingerprint density at radius 1 is 1.06 bits per heavy atom. The smallest absolute Gasteiger partial charge is 0.286 e. The van der Waals surface area contributed by atoms with Gasteiger partial charge in [-0.1, -0.05) is 29.5 Å². The highest BCUT2D eigenvalue weighted by molar-refractivity contribution is 7.15. The van der Waals surface area contributed by atoms with Gasteiger partial charge in [0, 0.05) is 44.8 Å². The van der Waals surface area contributed by atoms with Crippen LogP contribution in [-0.2, 0) is 9.59 Å². The summed E-state index contributed by atoms with van der Waals surface area (Å²) in [5, 5.41) is 13.7. The Morgan fingerprint density at radius 3 is 2.62 bits per heavy atom. The molecular formula is C23H28N6O4S. The molecule has 1 aromatic heterocycles. The second kappa shape index (κ2) is 11.2. The Labute approximate surface area is 201 Å². The van der Waals surface area contributed by atoms with Gasteiger partial charge in [0.2, 0.25) is 21.8 Å². The van der Waals surface area contributed by atoms with Crippen molar-refractivity contribution in [1.29, 1.82) is 0 Å². The van der Waals surface area contributed by atoms with Crippen LogP contribution in [0.4, 0.5) is 5.69 Å². The van der Waals surface area contributed by atoms with Crippen LogP contribution < -0.4 is 10.6 Å². The van der Waals surface area contributed by atoms with Crippen molar-refractivity contribution in [1.82, 2.24) is 25.3 Å². The number of carbonyl (C=O) groups excluding carboxylic acids is 4. The van der Waals surface area contributed by atoms with Crippen molar-refractivity contribution in [3.05, 3.63) is 40.3 Å². The average molecular weight is 485 g/mol. The van der Waals surface area contributed by atoms with E-state index in [2.05, 4.69) is 20.8 Å². The van der Waals surface area contributed by atoms with Gasteiger partial charge in [-0.15, -0.1) is 10.2 Å². The molecule has 2 fully saturated rings. The van der Waals surface area contributed by atoms with E-state index in [1.54, 1.807) is 17.0 Å². The summed E-state index contributed by atoms with van der Waals surface area (Å²) in [6, 6.07) is 8.98. The largest absolute Gasteiger partial charge is 0.356 e. The Morgan fingerprint density at radius 2 is 1.85 bits per heavy atom. The topological polar surface area (TPSA) is 125 Å². The molecule has 0 radical (unpaired) electrons. The van der Waals surface area contributed by atoms with E-state index in [0.717, 1.165) is 24.3 Å². The molecule has 0 saturated carbocycles. The maximum Gasteiger partial charge on any atom is 0.286 e. The zero-order valence-electron chi connectivity index (χ0n) is 18.9. The molecule has 34 heavy (non-hydrogen) atoms. The summed E-state index contributed by atoms with van der Waals surface area (Å²) < 4.78 is 0.